The van der Waals surface area contributed by atoms with E-state index in [9.17, 15) is 4.79 Å². The number of methoxy groups -OCH3 is 2. The molecule has 0 N–H and O–H groups in total. The van der Waals surface area contributed by atoms with E-state index in [-0.39, 0.29) is 17.1 Å². The lowest BCUT2D eigenvalue weighted by Gasteiger charge is -2.13. The molecular weight excluding hydrogens is 356 g/mol. The van der Waals surface area contributed by atoms with E-state index in [0.29, 0.717) is 28.8 Å². The topological polar surface area (TPSA) is 88.4 Å². The first-order valence-electron chi connectivity index (χ1n) is 8.43. The molecule has 1 aliphatic rings. The first-order valence-corrected chi connectivity index (χ1v) is 9.31. The second kappa shape index (κ2) is 8.50. The SMILES string of the molecule is COc1ccc(C(=O)[C@H](C)Sc2nnnn2C[C@@H]2CCCO2)cc1OC. The van der Waals surface area contributed by atoms with E-state index >= 15 is 0 Å². The van der Waals surface area contributed by atoms with Crippen LogP contribution >= 0.6 is 11.8 Å². The molecular formula is C17H22N4O4S. The van der Waals surface area contributed by atoms with Gasteiger partial charge in [-0.1, -0.05) is 11.8 Å². The van der Waals surface area contributed by atoms with E-state index in [2.05, 4.69) is 15.5 Å². The van der Waals surface area contributed by atoms with Gasteiger partial charge in [-0.3, -0.25) is 4.79 Å². The predicted molar refractivity (Wildman–Crippen MR) is 96.0 cm³/mol. The number of hydrogen-bond acceptors (Lipinski definition) is 8. The molecule has 26 heavy (non-hydrogen) atoms. The van der Waals surface area contributed by atoms with Gasteiger partial charge in [0.2, 0.25) is 5.16 Å². The zero-order chi connectivity index (χ0) is 18.5. The Bertz CT molecular complexity index is 761. The minimum absolute atomic E-state index is 0.0254. The van der Waals surface area contributed by atoms with Crippen LogP contribution in [0.4, 0.5) is 0 Å². The van der Waals surface area contributed by atoms with Crippen LogP contribution in [0.3, 0.4) is 0 Å². The molecule has 1 aromatic heterocycles. The van der Waals surface area contributed by atoms with Crippen molar-refractivity contribution in [3.05, 3.63) is 23.8 Å². The van der Waals surface area contributed by atoms with Crippen LogP contribution in [-0.2, 0) is 11.3 Å². The molecule has 0 radical (unpaired) electrons. The summed E-state index contributed by atoms with van der Waals surface area (Å²) in [6.07, 6.45) is 2.20. The third kappa shape index (κ3) is 4.16. The number of hydrogen-bond donors (Lipinski definition) is 0. The number of rotatable bonds is 8. The fourth-order valence-electron chi connectivity index (χ4n) is 2.81. The lowest BCUT2D eigenvalue weighted by Crippen LogP contribution is -2.19. The Balaban J connectivity index is 1.69. The summed E-state index contributed by atoms with van der Waals surface area (Å²) in [4.78, 5) is 12.8. The molecule has 0 saturated carbocycles. The van der Waals surface area contributed by atoms with Crippen LogP contribution in [-0.4, -0.2) is 58.2 Å². The summed E-state index contributed by atoms with van der Waals surface area (Å²) in [7, 11) is 3.11. The minimum Gasteiger partial charge on any atom is -0.493 e. The maximum Gasteiger partial charge on any atom is 0.210 e. The zero-order valence-corrected chi connectivity index (χ0v) is 15.9. The van der Waals surface area contributed by atoms with Crippen LogP contribution in [0.25, 0.3) is 0 Å². The summed E-state index contributed by atoms with van der Waals surface area (Å²) in [6.45, 7) is 3.23. The third-order valence-electron chi connectivity index (χ3n) is 4.22. The van der Waals surface area contributed by atoms with Gasteiger partial charge in [0.05, 0.1) is 32.1 Å². The highest BCUT2D eigenvalue weighted by atomic mass is 32.2. The molecule has 9 heteroatoms. The van der Waals surface area contributed by atoms with Crippen molar-refractivity contribution in [2.45, 2.75) is 42.8 Å². The number of nitrogens with zero attached hydrogens (tertiary/aromatic N) is 4. The van der Waals surface area contributed by atoms with Gasteiger partial charge < -0.3 is 14.2 Å². The predicted octanol–water partition coefficient (Wildman–Crippen LogP) is 2.23. The van der Waals surface area contributed by atoms with Crippen molar-refractivity contribution in [2.24, 2.45) is 0 Å². The largest absolute Gasteiger partial charge is 0.493 e. The molecule has 2 atom stereocenters. The highest BCUT2D eigenvalue weighted by Gasteiger charge is 2.23. The van der Waals surface area contributed by atoms with Crippen LogP contribution in [0.2, 0.25) is 0 Å². The Hall–Kier alpha value is -2.13. The average Bonchev–Trinajstić information content (AvgIpc) is 3.33. The second-order valence-corrected chi connectivity index (χ2v) is 7.28. The van der Waals surface area contributed by atoms with Gasteiger partial charge in [-0.15, -0.1) is 5.10 Å². The molecule has 8 nitrogen and oxygen atoms in total. The van der Waals surface area contributed by atoms with Gasteiger partial charge in [-0.05, 0) is 48.4 Å². The Morgan fingerprint density at radius 1 is 1.38 bits per heavy atom. The first-order chi connectivity index (χ1) is 12.6. The van der Waals surface area contributed by atoms with Crippen LogP contribution in [0, 0.1) is 0 Å². The monoisotopic (exact) mass is 378 g/mol. The number of Topliss-reactive ketones (excluding diaryl/α,β-unsaturated/α-hetero) is 1. The van der Waals surface area contributed by atoms with E-state index in [1.165, 1.54) is 11.8 Å². The fourth-order valence-corrected chi connectivity index (χ4v) is 3.69. The van der Waals surface area contributed by atoms with Gasteiger partial charge in [-0.25, -0.2) is 4.68 Å². The molecule has 1 aliphatic heterocycles. The van der Waals surface area contributed by atoms with Crippen molar-refractivity contribution in [2.75, 3.05) is 20.8 Å². The Kier molecular flexibility index (Phi) is 6.10. The number of carbonyl (C=O) groups is 1. The molecule has 1 fully saturated rings. The average molecular weight is 378 g/mol. The smallest absolute Gasteiger partial charge is 0.210 e. The number of ether oxygens (including phenoxy) is 3. The lowest BCUT2D eigenvalue weighted by molar-refractivity contribution is 0.0911. The van der Waals surface area contributed by atoms with Crippen molar-refractivity contribution >= 4 is 17.5 Å². The molecule has 0 aliphatic carbocycles. The lowest BCUT2D eigenvalue weighted by atomic mass is 10.1. The minimum atomic E-state index is -0.345. The Morgan fingerprint density at radius 3 is 2.88 bits per heavy atom. The number of tetrazole rings is 1. The van der Waals surface area contributed by atoms with Crippen molar-refractivity contribution in [1.29, 1.82) is 0 Å². The molecule has 2 aromatic rings. The second-order valence-electron chi connectivity index (χ2n) is 5.97. The van der Waals surface area contributed by atoms with Crippen LogP contribution in [0.5, 0.6) is 11.5 Å². The van der Waals surface area contributed by atoms with Gasteiger partial charge in [0.15, 0.2) is 17.3 Å². The number of ketones is 1. The number of benzene rings is 1. The molecule has 0 unspecified atom stereocenters. The Morgan fingerprint density at radius 2 is 2.19 bits per heavy atom. The zero-order valence-electron chi connectivity index (χ0n) is 15.0. The molecule has 1 saturated heterocycles. The standard InChI is InChI=1S/C17H22N4O4S/c1-11(16(22)12-6-7-14(23-2)15(9-12)24-3)26-17-18-19-20-21(17)10-13-5-4-8-25-13/h6-7,9,11,13H,4-5,8,10H2,1-3H3/t11-,13-/m0/s1. The summed E-state index contributed by atoms with van der Waals surface area (Å²) >= 11 is 1.34. The Labute approximate surface area is 156 Å². The number of aromatic nitrogens is 4. The molecule has 140 valence electrons. The highest BCUT2D eigenvalue weighted by molar-refractivity contribution is 8.00. The summed E-state index contributed by atoms with van der Waals surface area (Å²) in [6, 6.07) is 5.15. The summed E-state index contributed by atoms with van der Waals surface area (Å²) in [5.74, 6) is 1.09. The quantitative estimate of drug-likeness (QED) is 0.510. The first kappa shape index (κ1) is 18.7. The van der Waals surface area contributed by atoms with E-state index in [4.69, 9.17) is 14.2 Å². The van der Waals surface area contributed by atoms with E-state index in [1.54, 1.807) is 37.1 Å². The summed E-state index contributed by atoms with van der Waals surface area (Å²) in [5, 5.41) is 12.1. The normalized spacial score (nSPS) is 17.9. The molecule has 0 amide bonds. The van der Waals surface area contributed by atoms with Gasteiger partial charge in [-0.2, -0.15) is 0 Å². The van der Waals surface area contributed by atoms with Crippen molar-refractivity contribution in [3.63, 3.8) is 0 Å². The summed E-state index contributed by atoms with van der Waals surface area (Å²) < 4.78 is 17.8. The third-order valence-corrected chi connectivity index (χ3v) is 5.29. The number of thioether (sulfide) groups is 1. The van der Waals surface area contributed by atoms with E-state index in [0.717, 1.165) is 19.4 Å². The molecule has 0 bridgehead atoms. The van der Waals surface area contributed by atoms with E-state index in [1.807, 2.05) is 6.92 Å². The van der Waals surface area contributed by atoms with Gasteiger partial charge >= 0.3 is 0 Å². The maximum atomic E-state index is 12.8. The summed E-state index contributed by atoms with van der Waals surface area (Å²) in [5.41, 5.74) is 0.556. The molecule has 0 spiro atoms. The van der Waals surface area contributed by atoms with Crippen LogP contribution < -0.4 is 9.47 Å². The van der Waals surface area contributed by atoms with Crippen molar-refractivity contribution in [3.8, 4) is 11.5 Å². The van der Waals surface area contributed by atoms with Crippen LogP contribution in [0.1, 0.15) is 30.1 Å². The number of carbonyl (C=O) groups excluding carboxylic acids is 1. The fraction of sp³-hybridized carbons (Fsp3) is 0.529. The molecule has 1 aromatic carbocycles. The maximum absolute atomic E-state index is 12.8. The van der Waals surface area contributed by atoms with E-state index < -0.39 is 0 Å². The van der Waals surface area contributed by atoms with Gasteiger partial charge in [0, 0.05) is 12.2 Å². The van der Waals surface area contributed by atoms with Crippen molar-refractivity contribution < 1.29 is 19.0 Å². The van der Waals surface area contributed by atoms with Crippen LogP contribution in [0.15, 0.2) is 23.4 Å². The van der Waals surface area contributed by atoms with Gasteiger partial charge in [0.25, 0.3) is 0 Å². The van der Waals surface area contributed by atoms with Gasteiger partial charge in [0.1, 0.15) is 0 Å². The van der Waals surface area contributed by atoms with Crippen molar-refractivity contribution in [1.82, 2.24) is 20.2 Å². The highest BCUT2D eigenvalue weighted by Crippen LogP contribution is 2.30. The molecule has 2 heterocycles. The molecule has 3 rings (SSSR count).